The van der Waals surface area contributed by atoms with Crippen LogP contribution in [0.15, 0.2) is 69.1 Å². The molecule has 0 aliphatic carbocycles. The molecule has 6 nitrogen and oxygen atoms in total. The van der Waals surface area contributed by atoms with Crippen molar-refractivity contribution in [3.8, 4) is 17.4 Å². The van der Waals surface area contributed by atoms with Gasteiger partial charge in [0, 0.05) is 33.8 Å². The summed E-state index contributed by atoms with van der Waals surface area (Å²) in [5.74, 6) is 0.302. The van der Waals surface area contributed by atoms with E-state index in [9.17, 15) is 20.2 Å². The summed E-state index contributed by atoms with van der Waals surface area (Å²) < 4.78 is 6.62. The molecule has 0 radical (unpaired) electrons. The number of rotatable bonds is 5. The number of carbonyl (C=O) groups excluding carboxylic acids is 1. The fourth-order valence-electron chi connectivity index (χ4n) is 2.60. The molecule has 0 amide bonds. The fraction of sp³-hybridized carbons (Fsp3) is 0.0476. The summed E-state index contributed by atoms with van der Waals surface area (Å²) >= 11 is 3.49. The van der Waals surface area contributed by atoms with Crippen LogP contribution in [-0.4, -0.2) is 10.7 Å². The summed E-state index contributed by atoms with van der Waals surface area (Å²) in [6, 6.07) is 16.3. The van der Waals surface area contributed by atoms with Gasteiger partial charge in [-0.15, -0.1) is 0 Å². The lowest BCUT2D eigenvalue weighted by atomic mass is 10.0. The van der Waals surface area contributed by atoms with Crippen LogP contribution in [0, 0.1) is 28.4 Å². The first-order chi connectivity index (χ1) is 13.4. The first-order valence-corrected chi connectivity index (χ1v) is 8.95. The lowest BCUT2D eigenvalue weighted by Crippen LogP contribution is -2.02. The zero-order chi connectivity index (χ0) is 20.3. The number of aryl methyl sites for hydroxylation is 1. The molecule has 1 heterocycles. The molecular formula is C21H13BrN2O4. The monoisotopic (exact) mass is 436 g/mol. The van der Waals surface area contributed by atoms with Crippen LogP contribution in [0.5, 0.6) is 0 Å². The van der Waals surface area contributed by atoms with E-state index in [1.165, 1.54) is 24.3 Å². The minimum Gasteiger partial charge on any atom is -0.457 e. The maximum absolute atomic E-state index is 12.6. The van der Waals surface area contributed by atoms with Crippen LogP contribution in [0.4, 0.5) is 5.69 Å². The molecule has 2 aromatic carbocycles. The van der Waals surface area contributed by atoms with Gasteiger partial charge in [0.05, 0.1) is 4.92 Å². The second kappa shape index (κ2) is 8.03. The third kappa shape index (κ3) is 4.08. The van der Waals surface area contributed by atoms with Crippen molar-refractivity contribution in [3.05, 3.63) is 91.6 Å². The summed E-state index contributed by atoms with van der Waals surface area (Å²) in [6.45, 7) is 1.98. The molecule has 7 heteroatoms. The number of hydrogen-bond donors (Lipinski definition) is 0. The number of Topliss-reactive ketones (excluding diaryl/α,β-unsaturated/α-hetero) is 1. The minimum atomic E-state index is -0.610. The lowest BCUT2D eigenvalue weighted by molar-refractivity contribution is -0.384. The van der Waals surface area contributed by atoms with Crippen LogP contribution in [0.1, 0.15) is 21.7 Å². The van der Waals surface area contributed by atoms with E-state index in [-0.39, 0.29) is 16.8 Å². The summed E-state index contributed by atoms with van der Waals surface area (Å²) in [6.07, 6.45) is 1.33. The number of allylic oxidation sites excluding steroid dienone is 1. The number of non-ortho nitro benzene ring substituents is 1. The molecular weight excluding hydrogens is 424 g/mol. The van der Waals surface area contributed by atoms with Gasteiger partial charge in [0.15, 0.2) is 0 Å². The normalized spacial score (nSPS) is 11.1. The first kappa shape index (κ1) is 19.3. The van der Waals surface area contributed by atoms with E-state index in [0.717, 1.165) is 21.7 Å². The van der Waals surface area contributed by atoms with Crippen molar-refractivity contribution in [3.63, 3.8) is 0 Å². The Morgan fingerprint density at radius 2 is 2.00 bits per heavy atom. The Labute approximate surface area is 169 Å². The van der Waals surface area contributed by atoms with Gasteiger partial charge < -0.3 is 4.42 Å². The van der Waals surface area contributed by atoms with Crippen molar-refractivity contribution < 1.29 is 14.1 Å². The fourth-order valence-corrected chi connectivity index (χ4v) is 3.29. The maximum Gasteiger partial charge on any atom is 0.270 e. The van der Waals surface area contributed by atoms with Crippen molar-refractivity contribution in [1.82, 2.24) is 0 Å². The van der Waals surface area contributed by atoms with E-state index >= 15 is 0 Å². The van der Waals surface area contributed by atoms with Gasteiger partial charge >= 0.3 is 0 Å². The number of nitriles is 1. The average Bonchev–Trinajstić information content (AvgIpc) is 3.14. The van der Waals surface area contributed by atoms with Crippen molar-refractivity contribution in [1.29, 1.82) is 5.26 Å². The van der Waals surface area contributed by atoms with Crippen LogP contribution in [0.25, 0.3) is 17.4 Å². The molecule has 0 saturated heterocycles. The van der Waals surface area contributed by atoms with Crippen LogP contribution in [0.3, 0.4) is 0 Å². The predicted octanol–water partition coefficient (Wildman–Crippen LogP) is 5.72. The quantitative estimate of drug-likeness (QED) is 0.167. The summed E-state index contributed by atoms with van der Waals surface area (Å²) in [5.41, 5.74) is 1.61. The van der Waals surface area contributed by atoms with E-state index in [1.54, 1.807) is 12.1 Å². The van der Waals surface area contributed by atoms with E-state index < -0.39 is 10.7 Å². The van der Waals surface area contributed by atoms with E-state index in [1.807, 2.05) is 31.2 Å². The molecule has 0 unspecified atom stereocenters. The third-order valence-corrected chi connectivity index (χ3v) is 4.64. The van der Waals surface area contributed by atoms with Crippen molar-refractivity contribution in [2.24, 2.45) is 0 Å². The van der Waals surface area contributed by atoms with E-state index in [0.29, 0.717) is 11.5 Å². The van der Waals surface area contributed by atoms with Crippen molar-refractivity contribution in [2.45, 2.75) is 6.92 Å². The highest BCUT2D eigenvalue weighted by atomic mass is 79.9. The van der Waals surface area contributed by atoms with Crippen molar-refractivity contribution in [2.75, 3.05) is 0 Å². The van der Waals surface area contributed by atoms with E-state index in [4.69, 9.17) is 4.42 Å². The topological polar surface area (TPSA) is 97.1 Å². The Balaban J connectivity index is 1.92. The molecule has 3 aromatic rings. The molecule has 0 atom stereocenters. The van der Waals surface area contributed by atoms with Crippen LogP contribution >= 0.6 is 15.9 Å². The largest absolute Gasteiger partial charge is 0.457 e. The maximum atomic E-state index is 12.6. The molecule has 0 fully saturated rings. The highest BCUT2D eigenvalue weighted by molar-refractivity contribution is 9.10. The number of carbonyl (C=O) groups is 1. The van der Waals surface area contributed by atoms with Gasteiger partial charge in [-0.1, -0.05) is 34.1 Å². The molecule has 0 aliphatic rings. The van der Waals surface area contributed by atoms with Crippen LogP contribution in [0.2, 0.25) is 0 Å². The molecule has 138 valence electrons. The zero-order valence-electron chi connectivity index (χ0n) is 14.7. The number of halogens is 1. The molecule has 0 bridgehead atoms. The average molecular weight is 437 g/mol. The van der Waals surface area contributed by atoms with Gasteiger partial charge in [-0.2, -0.15) is 5.26 Å². The molecule has 28 heavy (non-hydrogen) atoms. The number of hydrogen-bond acceptors (Lipinski definition) is 5. The lowest BCUT2D eigenvalue weighted by Gasteiger charge is -2.02. The predicted molar refractivity (Wildman–Crippen MR) is 108 cm³/mol. The number of furan rings is 1. The minimum absolute atomic E-state index is 0.0649. The highest BCUT2D eigenvalue weighted by Crippen LogP contribution is 2.31. The summed E-state index contributed by atoms with van der Waals surface area (Å²) in [5, 5.41) is 20.3. The number of nitro groups is 1. The second-order valence-electron chi connectivity index (χ2n) is 5.99. The summed E-state index contributed by atoms with van der Waals surface area (Å²) in [7, 11) is 0. The van der Waals surface area contributed by atoms with E-state index in [2.05, 4.69) is 15.9 Å². The van der Waals surface area contributed by atoms with Gasteiger partial charge in [0.25, 0.3) is 5.69 Å². The number of ketones is 1. The Morgan fingerprint density at radius 1 is 1.21 bits per heavy atom. The zero-order valence-corrected chi connectivity index (χ0v) is 16.3. The van der Waals surface area contributed by atoms with Crippen LogP contribution < -0.4 is 0 Å². The third-order valence-electron chi connectivity index (χ3n) is 3.99. The number of nitro benzene ring substituents is 1. The Morgan fingerprint density at radius 3 is 2.68 bits per heavy atom. The first-order valence-electron chi connectivity index (χ1n) is 8.16. The van der Waals surface area contributed by atoms with Crippen LogP contribution in [-0.2, 0) is 0 Å². The molecule has 0 N–H and O–H groups in total. The van der Waals surface area contributed by atoms with Gasteiger partial charge in [0.2, 0.25) is 5.78 Å². The van der Waals surface area contributed by atoms with Crippen molar-refractivity contribution >= 4 is 33.5 Å². The Hall–Kier alpha value is -3.50. The summed E-state index contributed by atoms with van der Waals surface area (Å²) in [4.78, 5) is 22.9. The van der Waals surface area contributed by atoms with Gasteiger partial charge in [-0.3, -0.25) is 14.9 Å². The Bertz CT molecular complexity index is 1160. The highest BCUT2D eigenvalue weighted by Gasteiger charge is 2.17. The molecule has 0 saturated carbocycles. The number of nitrogens with zero attached hydrogens (tertiary/aromatic N) is 2. The smallest absolute Gasteiger partial charge is 0.270 e. The Kier molecular flexibility index (Phi) is 5.52. The molecule has 0 aliphatic heterocycles. The molecule has 1 aromatic heterocycles. The standard InChI is InChI=1S/C21H13BrN2O4/c1-13-5-7-18(19(22)9-13)20-8-6-17(28-20)11-15(12-23)21(25)14-3-2-4-16(10-14)24(26)27/h2-11H,1H3. The second-order valence-corrected chi connectivity index (χ2v) is 6.85. The van der Waals surface area contributed by atoms with Gasteiger partial charge in [-0.05, 0) is 36.8 Å². The van der Waals surface area contributed by atoms with Gasteiger partial charge in [0.1, 0.15) is 23.2 Å². The van der Waals surface area contributed by atoms with Gasteiger partial charge in [-0.25, -0.2) is 0 Å². The SMILES string of the molecule is Cc1ccc(-c2ccc(C=C(C#N)C(=O)c3cccc([N+](=O)[O-])c3)o2)c(Br)c1. The molecule has 3 rings (SSSR count). The molecule has 0 spiro atoms. The number of benzene rings is 2.